The van der Waals surface area contributed by atoms with E-state index in [1.54, 1.807) is 0 Å². The Labute approximate surface area is 95.7 Å². The summed E-state index contributed by atoms with van der Waals surface area (Å²) in [5.74, 6) is 0. The zero-order chi connectivity index (χ0) is 11.4. The quantitative estimate of drug-likeness (QED) is 0.619. The van der Waals surface area contributed by atoms with Gasteiger partial charge in [-0.3, -0.25) is 0 Å². The molecule has 0 aromatic heterocycles. The molecule has 15 heavy (non-hydrogen) atoms. The number of hydrogen-bond acceptors (Lipinski definition) is 0. The molecule has 1 aromatic carbocycles. The van der Waals surface area contributed by atoms with Crippen LogP contribution in [0, 0.1) is 0 Å². The maximum Gasteiger partial charge on any atom is -0.0279 e. The van der Waals surface area contributed by atoms with Crippen LogP contribution in [0.15, 0.2) is 30.3 Å². The van der Waals surface area contributed by atoms with Gasteiger partial charge in [0.1, 0.15) is 0 Å². The predicted octanol–water partition coefficient (Wildman–Crippen LogP) is 5.23. The largest absolute Gasteiger partial charge is 0.0654 e. The minimum absolute atomic E-state index is 1.23. The summed E-state index contributed by atoms with van der Waals surface area (Å²) in [6.07, 6.45) is 7.91. The molecular formula is C15H26. The molecule has 0 unspecified atom stereocenters. The van der Waals surface area contributed by atoms with Crippen LogP contribution in [0.2, 0.25) is 0 Å². The van der Waals surface area contributed by atoms with Gasteiger partial charge in [0.2, 0.25) is 0 Å². The van der Waals surface area contributed by atoms with E-state index in [2.05, 4.69) is 51.1 Å². The van der Waals surface area contributed by atoms with Crippen LogP contribution in [0.4, 0.5) is 0 Å². The number of benzene rings is 1. The van der Waals surface area contributed by atoms with Crippen molar-refractivity contribution in [1.29, 1.82) is 0 Å². The molecule has 0 aliphatic rings. The van der Waals surface area contributed by atoms with Crippen molar-refractivity contribution in [3.8, 4) is 0 Å². The number of hydrogen-bond donors (Lipinski definition) is 0. The highest BCUT2D eigenvalue weighted by atomic mass is 13.9. The van der Waals surface area contributed by atoms with Gasteiger partial charge in [-0.25, -0.2) is 0 Å². The van der Waals surface area contributed by atoms with E-state index in [9.17, 15) is 0 Å². The standard InChI is InChI=1S/C10H14.C5H12/c1-2-3-7-10-8-5-4-6-9-10;1-3-5-4-2/h4-6,8-9H,2-3,7H2,1H3;3-5H2,1-2H3. The van der Waals surface area contributed by atoms with E-state index >= 15 is 0 Å². The lowest BCUT2D eigenvalue weighted by atomic mass is 10.1. The van der Waals surface area contributed by atoms with E-state index in [4.69, 9.17) is 0 Å². The summed E-state index contributed by atoms with van der Waals surface area (Å²) in [5.41, 5.74) is 1.46. The second-order valence-electron chi connectivity index (χ2n) is 3.94. The summed E-state index contributed by atoms with van der Waals surface area (Å²) in [4.78, 5) is 0. The van der Waals surface area contributed by atoms with Gasteiger partial charge in [-0.2, -0.15) is 0 Å². The van der Waals surface area contributed by atoms with Crippen LogP contribution in [-0.4, -0.2) is 0 Å². The molecule has 0 fully saturated rings. The van der Waals surface area contributed by atoms with Gasteiger partial charge in [0, 0.05) is 0 Å². The van der Waals surface area contributed by atoms with Gasteiger partial charge in [0.05, 0.1) is 0 Å². The molecule has 86 valence electrons. The smallest absolute Gasteiger partial charge is 0.0279 e. The third-order valence-corrected chi connectivity index (χ3v) is 2.37. The Hall–Kier alpha value is -0.780. The summed E-state index contributed by atoms with van der Waals surface area (Å²) < 4.78 is 0. The van der Waals surface area contributed by atoms with Gasteiger partial charge >= 0.3 is 0 Å². The lowest BCUT2D eigenvalue weighted by Crippen LogP contribution is -1.81. The van der Waals surface area contributed by atoms with Gasteiger partial charge in [-0.05, 0) is 18.4 Å². The Morgan fingerprint density at radius 3 is 1.67 bits per heavy atom. The van der Waals surface area contributed by atoms with E-state index in [0.29, 0.717) is 0 Å². The van der Waals surface area contributed by atoms with Gasteiger partial charge < -0.3 is 0 Å². The Morgan fingerprint density at radius 2 is 1.27 bits per heavy atom. The molecule has 0 radical (unpaired) electrons. The van der Waals surface area contributed by atoms with Crippen molar-refractivity contribution in [1.82, 2.24) is 0 Å². The van der Waals surface area contributed by atoms with Crippen LogP contribution in [0.25, 0.3) is 0 Å². The third-order valence-electron chi connectivity index (χ3n) is 2.37. The topological polar surface area (TPSA) is 0 Å². The molecule has 0 heteroatoms. The minimum atomic E-state index is 1.23. The molecule has 0 aliphatic heterocycles. The maximum atomic E-state index is 2.23. The number of aryl methyl sites for hydroxylation is 1. The molecule has 0 bridgehead atoms. The molecule has 0 N–H and O–H groups in total. The van der Waals surface area contributed by atoms with E-state index in [1.165, 1.54) is 44.1 Å². The zero-order valence-corrected chi connectivity index (χ0v) is 10.6. The molecule has 1 aromatic rings. The molecule has 0 saturated heterocycles. The first-order valence-electron chi connectivity index (χ1n) is 6.39. The Balaban J connectivity index is 0.000000336. The molecule has 1 rings (SSSR count). The van der Waals surface area contributed by atoms with Crippen molar-refractivity contribution in [2.75, 3.05) is 0 Å². The van der Waals surface area contributed by atoms with Crippen molar-refractivity contribution in [2.45, 2.75) is 59.3 Å². The van der Waals surface area contributed by atoms with Gasteiger partial charge in [0.25, 0.3) is 0 Å². The van der Waals surface area contributed by atoms with E-state index in [-0.39, 0.29) is 0 Å². The van der Waals surface area contributed by atoms with Gasteiger partial charge in [0.15, 0.2) is 0 Å². The van der Waals surface area contributed by atoms with Crippen LogP contribution in [-0.2, 0) is 6.42 Å². The summed E-state index contributed by atoms with van der Waals surface area (Å²) in [6.45, 7) is 6.65. The summed E-state index contributed by atoms with van der Waals surface area (Å²) in [6, 6.07) is 10.6. The van der Waals surface area contributed by atoms with Crippen LogP contribution in [0.3, 0.4) is 0 Å². The second-order valence-corrected chi connectivity index (χ2v) is 3.94. The normalized spacial score (nSPS) is 9.27. The monoisotopic (exact) mass is 206 g/mol. The average molecular weight is 206 g/mol. The molecular weight excluding hydrogens is 180 g/mol. The Kier molecular flexibility index (Phi) is 10.7. The number of unbranched alkanes of at least 4 members (excludes halogenated alkanes) is 3. The Bertz CT molecular complexity index is 199. The lowest BCUT2D eigenvalue weighted by Gasteiger charge is -1.96. The SMILES string of the molecule is CCCCC.CCCCc1ccccc1. The fourth-order valence-corrected chi connectivity index (χ4v) is 1.38. The van der Waals surface area contributed by atoms with Crippen molar-refractivity contribution in [2.24, 2.45) is 0 Å². The molecule has 0 aliphatic carbocycles. The molecule has 0 saturated carbocycles. The minimum Gasteiger partial charge on any atom is -0.0654 e. The molecule has 0 nitrogen and oxygen atoms in total. The predicted molar refractivity (Wildman–Crippen MR) is 70.3 cm³/mol. The van der Waals surface area contributed by atoms with Crippen molar-refractivity contribution < 1.29 is 0 Å². The average Bonchev–Trinajstić information content (AvgIpc) is 2.30. The molecule has 0 amide bonds. The third kappa shape index (κ3) is 9.52. The fourth-order valence-electron chi connectivity index (χ4n) is 1.38. The van der Waals surface area contributed by atoms with Gasteiger partial charge in [-0.1, -0.05) is 76.8 Å². The fraction of sp³-hybridized carbons (Fsp3) is 0.600. The first-order valence-corrected chi connectivity index (χ1v) is 6.39. The molecule has 0 spiro atoms. The van der Waals surface area contributed by atoms with Crippen LogP contribution < -0.4 is 0 Å². The summed E-state index contributed by atoms with van der Waals surface area (Å²) >= 11 is 0. The van der Waals surface area contributed by atoms with Crippen LogP contribution in [0.5, 0.6) is 0 Å². The van der Waals surface area contributed by atoms with E-state index in [1.807, 2.05) is 0 Å². The van der Waals surface area contributed by atoms with Gasteiger partial charge in [-0.15, -0.1) is 0 Å². The Morgan fingerprint density at radius 1 is 0.733 bits per heavy atom. The van der Waals surface area contributed by atoms with Crippen LogP contribution in [0.1, 0.15) is 58.4 Å². The first-order chi connectivity index (χ1) is 7.35. The van der Waals surface area contributed by atoms with E-state index < -0.39 is 0 Å². The summed E-state index contributed by atoms with van der Waals surface area (Å²) in [5, 5.41) is 0. The lowest BCUT2D eigenvalue weighted by molar-refractivity contribution is 0.772. The highest BCUT2D eigenvalue weighted by Gasteiger charge is 1.87. The molecule has 0 atom stereocenters. The van der Waals surface area contributed by atoms with Crippen LogP contribution >= 0.6 is 0 Å². The zero-order valence-electron chi connectivity index (χ0n) is 10.6. The van der Waals surface area contributed by atoms with Crippen molar-refractivity contribution in [3.63, 3.8) is 0 Å². The maximum absolute atomic E-state index is 2.23. The highest BCUT2D eigenvalue weighted by molar-refractivity contribution is 5.14. The van der Waals surface area contributed by atoms with Crippen molar-refractivity contribution >= 4 is 0 Å². The molecule has 0 heterocycles. The highest BCUT2D eigenvalue weighted by Crippen LogP contribution is 2.03. The first kappa shape index (κ1) is 14.2. The second kappa shape index (κ2) is 11.3. The number of rotatable bonds is 5. The van der Waals surface area contributed by atoms with E-state index in [0.717, 1.165) is 0 Å². The van der Waals surface area contributed by atoms with Crippen molar-refractivity contribution in [3.05, 3.63) is 35.9 Å². The summed E-state index contributed by atoms with van der Waals surface area (Å²) in [7, 11) is 0.